The van der Waals surface area contributed by atoms with Crippen LogP contribution in [-0.4, -0.2) is 35.5 Å². The number of carbonyl (C=O) groups excluding carboxylic acids is 5. The molecule has 9 heteroatoms. The molecule has 2 aromatic carbocycles. The standard InChI is InChI=1S/C31H34ClN3O5/c1-18(16-20-12-14-23(32)15-13-20)29(38)33-24(21-8-4-3-5-9-21)17-25(36)34-27(22-10-6-7-11-22)28(37)26-19(2)30(39)35-31(26)40/h3-5,8-9,12-16,19,22,24,26-27H,6-7,10-11,17H2,1-2H3,(H,33,38)(H,34,36)(H,35,39,40)/b18-16+/t19-,24-,26+,27-/m0/s1. The summed E-state index contributed by atoms with van der Waals surface area (Å²) in [4.78, 5) is 64.5. The average Bonchev–Trinajstić information content (AvgIpc) is 3.56. The Kier molecular flexibility index (Phi) is 9.53. The molecule has 0 spiro atoms. The molecule has 0 unspecified atom stereocenters. The molecule has 8 nitrogen and oxygen atoms in total. The van der Waals surface area contributed by atoms with Crippen molar-refractivity contribution in [2.45, 2.75) is 58.0 Å². The second kappa shape index (κ2) is 13.0. The van der Waals surface area contributed by atoms with E-state index in [1.807, 2.05) is 30.3 Å². The number of rotatable bonds is 10. The molecule has 1 aliphatic heterocycles. The third kappa shape index (κ3) is 7.04. The van der Waals surface area contributed by atoms with Crippen molar-refractivity contribution in [2.75, 3.05) is 0 Å². The number of benzene rings is 2. The molecule has 4 amide bonds. The number of amides is 4. The van der Waals surface area contributed by atoms with E-state index in [-0.39, 0.29) is 18.2 Å². The third-order valence-electron chi connectivity index (χ3n) is 7.75. The van der Waals surface area contributed by atoms with Crippen molar-refractivity contribution in [3.63, 3.8) is 0 Å². The molecule has 1 heterocycles. The molecule has 1 saturated heterocycles. The van der Waals surface area contributed by atoms with Crippen molar-refractivity contribution in [1.29, 1.82) is 0 Å². The molecular formula is C31H34ClN3O5. The number of nitrogens with one attached hydrogen (secondary N) is 3. The highest BCUT2D eigenvalue weighted by molar-refractivity contribution is 6.30. The van der Waals surface area contributed by atoms with Gasteiger partial charge in [-0.1, -0.05) is 73.8 Å². The molecule has 4 rings (SSSR count). The molecule has 4 atom stereocenters. The summed E-state index contributed by atoms with van der Waals surface area (Å²) in [6.45, 7) is 3.24. The Morgan fingerprint density at radius 3 is 2.23 bits per heavy atom. The fourth-order valence-electron chi connectivity index (χ4n) is 5.47. The summed E-state index contributed by atoms with van der Waals surface area (Å²) < 4.78 is 0. The Hall–Kier alpha value is -3.78. The highest BCUT2D eigenvalue weighted by atomic mass is 35.5. The average molecular weight is 564 g/mol. The summed E-state index contributed by atoms with van der Waals surface area (Å²) in [5.41, 5.74) is 2.00. The van der Waals surface area contributed by atoms with E-state index in [0.717, 1.165) is 36.8 Å². The molecule has 3 N–H and O–H groups in total. The molecular weight excluding hydrogens is 530 g/mol. The minimum Gasteiger partial charge on any atom is -0.346 e. The van der Waals surface area contributed by atoms with Crippen LogP contribution in [-0.2, 0) is 24.0 Å². The van der Waals surface area contributed by atoms with E-state index in [9.17, 15) is 24.0 Å². The van der Waals surface area contributed by atoms with Gasteiger partial charge >= 0.3 is 0 Å². The molecule has 1 saturated carbocycles. The van der Waals surface area contributed by atoms with Gasteiger partial charge in [-0.25, -0.2) is 0 Å². The van der Waals surface area contributed by atoms with Crippen LogP contribution in [0.5, 0.6) is 0 Å². The van der Waals surface area contributed by atoms with Gasteiger partial charge in [0.25, 0.3) is 0 Å². The van der Waals surface area contributed by atoms with E-state index >= 15 is 0 Å². The van der Waals surface area contributed by atoms with Crippen LogP contribution in [0, 0.1) is 17.8 Å². The largest absolute Gasteiger partial charge is 0.346 e. The van der Waals surface area contributed by atoms with Gasteiger partial charge in [-0.15, -0.1) is 0 Å². The molecule has 2 aromatic rings. The number of carbonyl (C=O) groups is 5. The first kappa shape index (κ1) is 29.2. The van der Waals surface area contributed by atoms with E-state index in [1.165, 1.54) is 0 Å². The maximum atomic E-state index is 13.5. The topological polar surface area (TPSA) is 121 Å². The molecule has 0 bridgehead atoms. The van der Waals surface area contributed by atoms with Gasteiger partial charge in [0.1, 0.15) is 5.92 Å². The lowest BCUT2D eigenvalue weighted by Gasteiger charge is -2.27. The van der Waals surface area contributed by atoms with Crippen LogP contribution in [0.3, 0.4) is 0 Å². The molecule has 1 aliphatic carbocycles. The lowest BCUT2D eigenvalue weighted by Crippen LogP contribution is -2.50. The Morgan fingerprint density at radius 2 is 1.62 bits per heavy atom. The summed E-state index contributed by atoms with van der Waals surface area (Å²) in [7, 11) is 0. The fraction of sp³-hybridized carbons (Fsp3) is 0.387. The SMILES string of the molecule is C/C(=C\c1ccc(Cl)cc1)C(=O)N[C@@H](CC(=O)N[C@H](C(=O)[C@@H]1C(=O)NC(=O)[C@H]1C)C1CCCC1)c1ccccc1. The first-order valence-corrected chi connectivity index (χ1v) is 14.0. The predicted octanol–water partition coefficient (Wildman–Crippen LogP) is 4.14. The molecule has 0 aromatic heterocycles. The van der Waals surface area contributed by atoms with Crippen molar-refractivity contribution >= 4 is 47.1 Å². The number of hydrogen-bond acceptors (Lipinski definition) is 5. The normalized spacial score (nSPS) is 21.0. The van der Waals surface area contributed by atoms with Gasteiger partial charge in [0.2, 0.25) is 23.6 Å². The van der Waals surface area contributed by atoms with Gasteiger partial charge in [0.05, 0.1) is 24.4 Å². The predicted molar refractivity (Wildman–Crippen MR) is 152 cm³/mol. The van der Waals surface area contributed by atoms with Gasteiger partial charge in [-0.2, -0.15) is 0 Å². The fourth-order valence-corrected chi connectivity index (χ4v) is 5.60. The van der Waals surface area contributed by atoms with Crippen LogP contribution in [0.1, 0.15) is 63.1 Å². The summed E-state index contributed by atoms with van der Waals surface area (Å²) >= 11 is 5.96. The van der Waals surface area contributed by atoms with Crippen molar-refractivity contribution in [3.8, 4) is 0 Å². The van der Waals surface area contributed by atoms with Crippen molar-refractivity contribution in [3.05, 3.63) is 76.3 Å². The summed E-state index contributed by atoms with van der Waals surface area (Å²) in [6.07, 6.45) is 4.99. The minimum atomic E-state index is -1.12. The summed E-state index contributed by atoms with van der Waals surface area (Å²) in [5.74, 6) is -4.30. The Bertz CT molecular complexity index is 1300. The number of ketones is 1. The zero-order valence-electron chi connectivity index (χ0n) is 22.6. The van der Waals surface area contributed by atoms with E-state index in [0.29, 0.717) is 10.6 Å². The molecule has 40 heavy (non-hydrogen) atoms. The Balaban J connectivity index is 1.51. The molecule has 2 fully saturated rings. The first-order chi connectivity index (χ1) is 19.1. The Labute approximate surface area is 238 Å². The van der Waals surface area contributed by atoms with Crippen LogP contribution in [0.15, 0.2) is 60.2 Å². The highest BCUT2D eigenvalue weighted by Gasteiger charge is 2.47. The van der Waals surface area contributed by atoms with Gasteiger partial charge in [0, 0.05) is 10.6 Å². The van der Waals surface area contributed by atoms with E-state index < -0.39 is 47.4 Å². The second-order valence-corrected chi connectivity index (χ2v) is 11.1. The van der Waals surface area contributed by atoms with Crippen LogP contribution in [0.4, 0.5) is 0 Å². The third-order valence-corrected chi connectivity index (χ3v) is 8.00. The number of halogens is 1. The minimum absolute atomic E-state index is 0.105. The lowest BCUT2D eigenvalue weighted by molar-refractivity contribution is -0.137. The maximum absolute atomic E-state index is 13.5. The lowest BCUT2D eigenvalue weighted by atomic mass is 9.83. The van der Waals surface area contributed by atoms with E-state index in [2.05, 4.69) is 16.0 Å². The van der Waals surface area contributed by atoms with Crippen LogP contribution in [0.25, 0.3) is 6.08 Å². The summed E-state index contributed by atoms with van der Waals surface area (Å²) in [6, 6.07) is 14.7. The maximum Gasteiger partial charge on any atom is 0.247 e. The number of Topliss-reactive ketones (excluding diaryl/α,β-unsaturated/α-hetero) is 1. The number of hydrogen-bond donors (Lipinski definition) is 3. The van der Waals surface area contributed by atoms with Crippen LogP contribution in [0.2, 0.25) is 5.02 Å². The van der Waals surface area contributed by atoms with Crippen molar-refractivity contribution < 1.29 is 24.0 Å². The zero-order chi connectivity index (χ0) is 28.8. The first-order valence-electron chi connectivity index (χ1n) is 13.6. The van der Waals surface area contributed by atoms with E-state index in [1.54, 1.807) is 44.2 Å². The van der Waals surface area contributed by atoms with Gasteiger partial charge < -0.3 is 10.6 Å². The smallest absolute Gasteiger partial charge is 0.247 e. The zero-order valence-corrected chi connectivity index (χ0v) is 23.4. The molecule has 2 aliphatic rings. The number of imide groups is 1. The molecule has 210 valence electrons. The van der Waals surface area contributed by atoms with Gasteiger partial charge in [-0.3, -0.25) is 29.3 Å². The summed E-state index contributed by atoms with van der Waals surface area (Å²) in [5, 5.41) is 8.66. The van der Waals surface area contributed by atoms with Crippen LogP contribution >= 0.6 is 11.6 Å². The van der Waals surface area contributed by atoms with Crippen molar-refractivity contribution in [1.82, 2.24) is 16.0 Å². The highest BCUT2D eigenvalue weighted by Crippen LogP contribution is 2.32. The van der Waals surface area contributed by atoms with Crippen LogP contribution < -0.4 is 16.0 Å². The van der Waals surface area contributed by atoms with Gasteiger partial charge in [-0.05, 0) is 55.0 Å². The molecule has 0 radical (unpaired) electrons. The van der Waals surface area contributed by atoms with Crippen molar-refractivity contribution in [2.24, 2.45) is 17.8 Å². The quantitative estimate of drug-likeness (QED) is 0.228. The Morgan fingerprint density at radius 1 is 0.975 bits per heavy atom. The monoisotopic (exact) mass is 563 g/mol. The second-order valence-electron chi connectivity index (χ2n) is 10.6. The van der Waals surface area contributed by atoms with E-state index in [4.69, 9.17) is 11.6 Å². The van der Waals surface area contributed by atoms with Gasteiger partial charge in [0.15, 0.2) is 5.78 Å².